The van der Waals surface area contributed by atoms with Gasteiger partial charge >= 0.3 is 0 Å². The highest BCUT2D eigenvalue weighted by Crippen LogP contribution is 2.34. The summed E-state index contributed by atoms with van der Waals surface area (Å²) in [5.41, 5.74) is 0.855. The molecule has 1 aromatic heterocycles. The Morgan fingerprint density at radius 3 is 2.37 bits per heavy atom. The van der Waals surface area contributed by atoms with Crippen LogP contribution in [-0.2, 0) is 9.84 Å². The lowest BCUT2D eigenvalue weighted by molar-refractivity contribution is -0.384. The number of non-ortho nitro benzene ring substituents is 1. The number of hydrogen-bond donors (Lipinski definition) is 0. The van der Waals surface area contributed by atoms with Crippen molar-refractivity contribution < 1.29 is 13.3 Å². The van der Waals surface area contributed by atoms with Crippen LogP contribution in [-0.4, -0.2) is 18.3 Å². The fourth-order valence-corrected chi connectivity index (χ4v) is 4.52. The van der Waals surface area contributed by atoms with Crippen LogP contribution in [0.15, 0.2) is 76.7 Å². The van der Waals surface area contributed by atoms with Gasteiger partial charge in [-0.05, 0) is 24.4 Å². The van der Waals surface area contributed by atoms with Crippen LogP contribution in [0.3, 0.4) is 0 Å². The van der Waals surface area contributed by atoms with Gasteiger partial charge in [-0.15, -0.1) is 0 Å². The second-order valence-electron chi connectivity index (χ2n) is 6.26. The molecule has 0 aliphatic carbocycles. The molecule has 0 fully saturated rings. The van der Waals surface area contributed by atoms with E-state index in [9.17, 15) is 18.5 Å². The summed E-state index contributed by atoms with van der Waals surface area (Å²) in [6.07, 6.45) is 1.58. The van der Waals surface area contributed by atoms with E-state index in [1.54, 1.807) is 30.5 Å². The molecule has 0 amide bonds. The highest BCUT2D eigenvalue weighted by atomic mass is 32.2. The minimum absolute atomic E-state index is 0.0739. The molecule has 0 saturated heterocycles. The molecular weight excluding hydrogens is 364 g/mol. The average Bonchev–Trinajstić information content (AvgIpc) is 2.67. The molecule has 0 aliphatic heterocycles. The Bertz CT molecular complexity index is 1310. The van der Waals surface area contributed by atoms with E-state index in [0.717, 1.165) is 17.0 Å². The molecule has 4 rings (SSSR count). The molecule has 0 spiro atoms. The van der Waals surface area contributed by atoms with E-state index in [-0.39, 0.29) is 21.0 Å². The minimum atomic E-state index is -3.97. The monoisotopic (exact) mass is 378 g/mol. The maximum absolute atomic E-state index is 13.2. The highest BCUT2D eigenvalue weighted by Gasteiger charge is 2.25. The van der Waals surface area contributed by atoms with Crippen molar-refractivity contribution in [2.45, 2.75) is 16.7 Å². The maximum atomic E-state index is 13.2. The molecule has 0 saturated carbocycles. The molecule has 1 heterocycles. The van der Waals surface area contributed by atoms with E-state index in [1.165, 1.54) is 18.2 Å². The van der Waals surface area contributed by atoms with E-state index in [0.29, 0.717) is 10.8 Å². The topological polar surface area (TPSA) is 90.2 Å². The molecule has 0 aliphatic rings. The molecule has 0 radical (unpaired) electrons. The summed E-state index contributed by atoms with van der Waals surface area (Å²) in [5, 5.41) is 13.4. The van der Waals surface area contributed by atoms with E-state index in [4.69, 9.17) is 0 Å². The van der Waals surface area contributed by atoms with E-state index < -0.39 is 14.8 Å². The van der Waals surface area contributed by atoms with Gasteiger partial charge in [-0.3, -0.25) is 15.1 Å². The Hall–Kier alpha value is -3.32. The van der Waals surface area contributed by atoms with Crippen LogP contribution in [0.1, 0.15) is 5.56 Å². The number of aryl methyl sites for hydroxylation is 1. The third kappa shape index (κ3) is 2.82. The van der Waals surface area contributed by atoms with Gasteiger partial charge in [0.15, 0.2) is 0 Å². The summed E-state index contributed by atoms with van der Waals surface area (Å²) < 4.78 is 26.4. The molecule has 0 N–H and O–H groups in total. The van der Waals surface area contributed by atoms with Crippen molar-refractivity contribution in [2.24, 2.45) is 0 Å². The molecule has 4 aromatic rings. The summed E-state index contributed by atoms with van der Waals surface area (Å²) in [6.45, 7) is 1.85. The zero-order valence-electron chi connectivity index (χ0n) is 14.3. The van der Waals surface area contributed by atoms with E-state index >= 15 is 0 Å². The van der Waals surface area contributed by atoms with Crippen LogP contribution in [0.2, 0.25) is 0 Å². The predicted octanol–water partition coefficient (Wildman–Crippen LogP) is 4.44. The third-order valence-electron chi connectivity index (χ3n) is 4.48. The fourth-order valence-electron chi connectivity index (χ4n) is 3.08. The van der Waals surface area contributed by atoms with Gasteiger partial charge in [0.2, 0.25) is 9.84 Å². The first kappa shape index (κ1) is 17.1. The lowest BCUT2D eigenvalue weighted by Gasteiger charge is -2.10. The Morgan fingerprint density at radius 1 is 0.963 bits per heavy atom. The number of nitro groups is 1. The van der Waals surface area contributed by atoms with Gasteiger partial charge in [-0.1, -0.05) is 42.0 Å². The maximum Gasteiger partial charge on any atom is 0.271 e. The second-order valence-corrected chi connectivity index (χ2v) is 8.18. The first-order chi connectivity index (χ1) is 12.9. The van der Waals surface area contributed by atoms with Crippen LogP contribution < -0.4 is 0 Å². The highest BCUT2D eigenvalue weighted by molar-refractivity contribution is 7.91. The fraction of sp³-hybridized carbons (Fsp3) is 0.0500. The Morgan fingerprint density at radius 2 is 1.67 bits per heavy atom. The standard InChI is InChI=1S/C20H14N2O4S/c1-13-6-8-16(9-7-13)27(25,26)19-11-15(22(23)24)10-18-17-5-3-2-4-14(17)12-21-20(18)19/h2-12H,1H3. The lowest BCUT2D eigenvalue weighted by atomic mass is 10.1. The van der Waals surface area contributed by atoms with Crippen LogP contribution in [0, 0.1) is 17.0 Å². The Balaban J connectivity index is 2.12. The number of rotatable bonds is 3. The second kappa shape index (κ2) is 6.14. The zero-order valence-corrected chi connectivity index (χ0v) is 15.1. The number of fused-ring (bicyclic) bond motifs is 3. The van der Waals surface area contributed by atoms with Crippen LogP contribution in [0.4, 0.5) is 5.69 Å². The van der Waals surface area contributed by atoms with Gasteiger partial charge in [0, 0.05) is 29.1 Å². The SMILES string of the molecule is Cc1ccc(S(=O)(=O)c2cc([N+](=O)[O-])cc3c2ncc2ccccc23)cc1. The average molecular weight is 378 g/mol. The van der Waals surface area contributed by atoms with Gasteiger partial charge in [0.1, 0.15) is 4.90 Å². The quantitative estimate of drug-likeness (QED) is 0.299. The zero-order chi connectivity index (χ0) is 19.2. The van der Waals surface area contributed by atoms with Crippen LogP contribution in [0.5, 0.6) is 0 Å². The Kier molecular flexibility index (Phi) is 3.89. The van der Waals surface area contributed by atoms with Crippen molar-refractivity contribution in [2.75, 3.05) is 0 Å². The Labute approximate surface area is 155 Å². The molecule has 6 nitrogen and oxygen atoms in total. The number of pyridine rings is 1. The number of benzene rings is 3. The molecular formula is C20H14N2O4S. The number of nitro benzene ring substituents is 1. The largest absolute Gasteiger partial charge is 0.271 e. The first-order valence-electron chi connectivity index (χ1n) is 8.15. The molecule has 134 valence electrons. The number of aromatic nitrogens is 1. The van der Waals surface area contributed by atoms with Gasteiger partial charge in [0.05, 0.1) is 15.3 Å². The first-order valence-corrected chi connectivity index (χ1v) is 9.64. The molecule has 27 heavy (non-hydrogen) atoms. The van der Waals surface area contributed by atoms with E-state index in [1.807, 2.05) is 19.1 Å². The number of nitrogens with zero attached hydrogens (tertiary/aromatic N) is 2. The third-order valence-corrected chi connectivity index (χ3v) is 6.26. The van der Waals surface area contributed by atoms with Gasteiger partial charge in [-0.2, -0.15) is 0 Å². The van der Waals surface area contributed by atoms with Gasteiger partial charge < -0.3 is 0 Å². The normalized spacial score (nSPS) is 11.7. The van der Waals surface area contributed by atoms with Gasteiger partial charge in [-0.25, -0.2) is 8.42 Å². The van der Waals surface area contributed by atoms with Crippen molar-refractivity contribution >= 4 is 37.2 Å². The molecule has 0 unspecified atom stereocenters. The predicted molar refractivity (Wildman–Crippen MR) is 103 cm³/mol. The minimum Gasteiger partial charge on any atom is -0.258 e. The summed E-state index contributed by atoms with van der Waals surface area (Å²) in [7, 11) is -3.97. The summed E-state index contributed by atoms with van der Waals surface area (Å²) in [4.78, 5) is 15.1. The summed E-state index contributed by atoms with van der Waals surface area (Å²) in [5.74, 6) is 0. The van der Waals surface area contributed by atoms with E-state index in [2.05, 4.69) is 4.98 Å². The summed E-state index contributed by atoms with van der Waals surface area (Å²) in [6, 6.07) is 16.1. The van der Waals surface area contributed by atoms with Crippen molar-refractivity contribution in [3.05, 3.63) is 82.5 Å². The summed E-state index contributed by atoms with van der Waals surface area (Å²) >= 11 is 0. The number of sulfone groups is 1. The van der Waals surface area contributed by atoms with Crippen molar-refractivity contribution in [3.8, 4) is 0 Å². The van der Waals surface area contributed by atoms with Crippen molar-refractivity contribution in [1.29, 1.82) is 0 Å². The number of hydrogen-bond acceptors (Lipinski definition) is 5. The van der Waals surface area contributed by atoms with Crippen LogP contribution >= 0.6 is 0 Å². The lowest BCUT2D eigenvalue weighted by Crippen LogP contribution is -2.05. The van der Waals surface area contributed by atoms with Crippen molar-refractivity contribution in [3.63, 3.8) is 0 Å². The smallest absolute Gasteiger partial charge is 0.258 e. The van der Waals surface area contributed by atoms with Crippen molar-refractivity contribution in [1.82, 2.24) is 4.98 Å². The molecule has 0 bridgehead atoms. The van der Waals surface area contributed by atoms with Gasteiger partial charge in [0.25, 0.3) is 5.69 Å². The van der Waals surface area contributed by atoms with Crippen LogP contribution in [0.25, 0.3) is 21.7 Å². The molecule has 0 atom stereocenters. The molecule has 7 heteroatoms. The molecule has 3 aromatic carbocycles.